The van der Waals surface area contributed by atoms with Crippen LogP contribution < -0.4 is 10.2 Å². The zero-order chi connectivity index (χ0) is 14.8. The van der Waals surface area contributed by atoms with Crippen molar-refractivity contribution in [1.82, 2.24) is 15.2 Å². The van der Waals surface area contributed by atoms with Crippen molar-refractivity contribution < 1.29 is 9.59 Å². The second-order valence-electron chi connectivity index (χ2n) is 4.78. The van der Waals surface area contributed by atoms with Crippen molar-refractivity contribution in [1.29, 1.82) is 0 Å². The fourth-order valence-corrected chi connectivity index (χ4v) is 2.44. The van der Waals surface area contributed by atoms with Gasteiger partial charge in [-0.25, -0.2) is 5.10 Å². The first kappa shape index (κ1) is 13.3. The van der Waals surface area contributed by atoms with E-state index in [1.807, 2.05) is 19.1 Å². The third kappa shape index (κ3) is 2.49. The molecule has 2 N–H and O–H groups in total. The molecule has 2 aromatic rings. The lowest BCUT2D eigenvalue weighted by Gasteiger charge is -2.16. The van der Waals surface area contributed by atoms with Crippen LogP contribution >= 0.6 is 0 Å². The Bertz CT molecular complexity index is 681. The highest BCUT2D eigenvalue weighted by atomic mass is 16.2. The third-order valence-corrected chi connectivity index (χ3v) is 3.49. The summed E-state index contributed by atoms with van der Waals surface area (Å²) in [5, 5.41) is 8.87. The lowest BCUT2D eigenvalue weighted by molar-refractivity contribution is -0.118. The molecular formula is C14H15N5O2. The van der Waals surface area contributed by atoms with Gasteiger partial charge in [-0.3, -0.25) is 14.9 Å². The van der Waals surface area contributed by atoms with Crippen molar-refractivity contribution in [2.45, 2.75) is 19.8 Å². The molecule has 7 heteroatoms. The van der Waals surface area contributed by atoms with Crippen LogP contribution in [0.5, 0.6) is 0 Å². The Morgan fingerprint density at radius 2 is 2.29 bits per heavy atom. The number of nitrogens with one attached hydrogen (secondary N) is 2. The number of aromatic nitrogens is 3. The highest BCUT2D eigenvalue weighted by Crippen LogP contribution is 2.29. The van der Waals surface area contributed by atoms with Crippen molar-refractivity contribution in [3.05, 3.63) is 35.7 Å². The number of hydrogen-bond donors (Lipinski definition) is 2. The summed E-state index contributed by atoms with van der Waals surface area (Å²) in [7, 11) is 0. The summed E-state index contributed by atoms with van der Waals surface area (Å²) in [6, 6.07) is 5.36. The number of benzene rings is 1. The van der Waals surface area contributed by atoms with Gasteiger partial charge in [-0.15, -0.1) is 0 Å². The minimum atomic E-state index is -0.255. The minimum absolute atomic E-state index is 0.104. The van der Waals surface area contributed by atoms with Crippen molar-refractivity contribution >= 4 is 23.5 Å². The summed E-state index contributed by atoms with van der Waals surface area (Å²) in [4.78, 5) is 29.6. The topological polar surface area (TPSA) is 91.0 Å². The van der Waals surface area contributed by atoms with Crippen LogP contribution in [0, 0.1) is 0 Å². The predicted molar refractivity (Wildman–Crippen MR) is 77.1 cm³/mol. The summed E-state index contributed by atoms with van der Waals surface area (Å²) in [6.45, 7) is 2.52. The van der Waals surface area contributed by atoms with Crippen LogP contribution in [0.15, 0.2) is 24.5 Å². The number of carbonyl (C=O) groups excluding carboxylic acids is 2. The van der Waals surface area contributed by atoms with Gasteiger partial charge in [0.2, 0.25) is 11.9 Å². The van der Waals surface area contributed by atoms with Gasteiger partial charge in [0.25, 0.3) is 5.91 Å². The van der Waals surface area contributed by atoms with E-state index >= 15 is 0 Å². The number of amides is 2. The van der Waals surface area contributed by atoms with E-state index in [2.05, 4.69) is 20.5 Å². The Hall–Kier alpha value is -2.70. The monoisotopic (exact) mass is 285 g/mol. The summed E-state index contributed by atoms with van der Waals surface area (Å²) in [5.74, 6) is 0.158. The molecule has 0 bridgehead atoms. The molecule has 0 aliphatic carbocycles. The van der Waals surface area contributed by atoms with E-state index in [4.69, 9.17) is 0 Å². The normalized spacial score (nSPS) is 13.1. The lowest BCUT2D eigenvalue weighted by Crippen LogP contribution is -2.27. The molecule has 108 valence electrons. The molecule has 0 saturated heterocycles. The maximum Gasteiger partial charge on any atom is 0.258 e. The summed E-state index contributed by atoms with van der Waals surface area (Å²) in [5.41, 5.74) is 2.45. The minimum Gasteiger partial charge on any atom is -0.312 e. The SMILES string of the molecule is CCC(=O)N1CCc2cc(C(=O)Nc3ncn[nH]3)ccc21. The van der Waals surface area contributed by atoms with Gasteiger partial charge >= 0.3 is 0 Å². The predicted octanol–water partition coefficient (Wildman–Crippen LogP) is 1.36. The third-order valence-electron chi connectivity index (χ3n) is 3.49. The summed E-state index contributed by atoms with van der Waals surface area (Å²) < 4.78 is 0. The lowest BCUT2D eigenvalue weighted by atomic mass is 10.1. The Kier molecular flexibility index (Phi) is 3.39. The van der Waals surface area contributed by atoms with Gasteiger partial charge in [-0.05, 0) is 30.2 Å². The van der Waals surface area contributed by atoms with E-state index in [1.165, 1.54) is 6.33 Å². The van der Waals surface area contributed by atoms with Crippen LogP contribution in [0.25, 0.3) is 0 Å². The Morgan fingerprint density at radius 3 is 3.00 bits per heavy atom. The van der Waals surface area contributed by atoms with Gasteiger partial charge in [0.15, 0.2) is 0 Å². The van der Waals surface area contributed by atoms with E-state index in [9.17, 15) is 9.59 Å². The largest absolute Gasteiger partial charge is 0.312 e. The number of rotatable bonds is 3. The second-order valence-corrected chi connectivity index (χ2v) is 4.78. The number of anilines is 2. The number of nitrogens with zero attached hydrogens (tertiary/aromatic N) is 3. The van der Waals surface area contributed by atoms with E-state index < -0.39 is 0 Å². The van der Waals surface area contributed by atoms with Crippen LogP contribution in [0.1, 0.15) is 29.3 Å². The highest BCUT2D eigenvalue weighted by Gasteiger charge is 2.24. The Balaban J connectivity index is 1.81. The number of carbonyl (C=O) groups is 2. The molecule has 1 aromatic carbocycles. The zero-order valence-corrected chi connectivity index (χ0v) is 11.6. The molecule has 7 nitrogen and oxygen atoms in total. The van der Waals surface area contributed by atoms with E-state index in [0.29, 0.717) is 24.5 Å². The molecule has 21 heavy (non-hydrogen) atoms. The number of fused-ring (bicyclic) bond motifs is 1. The first-order valence-electron chi connectivity index (χ1n) is 6.79. The molecule has 0 unspecified atom stereocenters. The molecule has 2 heterocycles. The van der Waals surface area contributed by atoms with Gasteiger partial charge in [0, 0.05) is 24.2 Å². The van der Waals surface area contributed by atoms with E-state index in [-0.39, 0.29) is 11.8 Å². The van der Waals surface area contributed by atoms with E-state index in [1.54, 1.807) is 11.0 Å². The standard InChI is InChI=1S/C14H15N5O2/c1-2-12(20)19-6-5-9-7-10(3-4-11(9)19)13(21)17-14-15-8-16-18-14/h3-4,7-8H,2,5-6H2,1H3,(H2,15,16,17,18,21). The van der Waals surface area contributed by atoms with Crippen LogP contribution in [-0.2, 0) is 11.2 Å². The van der Waals surface area contributed by atoms with Crippen LogP contribution in [-0.4, -0.2) is 33.5 Å². The van der Waals surface area contributed by atoms with Crippen LogP contribution in [0.3, 0.4) is 0 Å². The molecule has 1 aliphatic rings. The molecule has 1 aliphatic heterocycles. The summed E-state index contributed by atoms with van der Waals surface area (Å²) in [6.07, 6.45) is 2.57. The van der Waals surface area contributed by atoms with Gasteiger partial charge in [0.1, 0.15) is 6.33 Å². The van der Waals surface area contributed by atoms with Gasteiger partial charge in [-0.1, -0.05) is 6.92 Å². The first-order chi connectivity index (χ1) is 10.2. The molecule has 0 spiro atoms. The van der Waals surface area contributed by atoms with Crippen molar-refractivity contribution in [3.8, 4) is 0 Å². The average Bonchev–Trinajstić information content (AvgIpc) is 3.14. The van der Waals surface area contributed by atoms with Gasteiger partial charge in [0.05, 0.1) is 0 Å². The van der Waals surface area contributed by atoms with Crippen molar-refractivity contribution in [2.24, 2.45) is 0 Å². The molecule has 2 amide bonds. The van der Waals surface area contributed by atoms with Gasteiger partial charge in [-0.2, -0.15) is 10.1 Å². The Labute approximate surface area is 121 Å². The molecule has 0 radical (unpaired) electrons. The number of aromatic amines is 1. The zero-order valence-electron chi connectivity index (χ0n) is 11.6. The van der Waals surface area contributed by atoms with Crippen LogP contribution in [0.4, 0.5) is 11.6 Å². The average molecular weight is 285 g/mol. The quantitative estimate of drug-likeness (QED) is 0.890. The second kappa shape index (κ2) is 5.35. The Morgan fingerprint density at radius 1 is 1.43 bits per heavy atom. The number of hydrogen-bond acceptors (Lipinski definition) is 4. The number of H-pyrrole nitrogens is 1. The van der Waals surface area contributed by atoms with Gasteiger partial charge < -0.3 is 4.90 Å². The maximum atomic E-state index is 12.1. The molecule has 0 fully saturated rings. The molecule has 0 atom stereocenters. The maximum absolute atomic E-state index is 12.1. The van der Waals surface area contributed by atoms with E-state index in [0.717, 1.165) is 17.7 Å². The smallest absolute Gasteiger partial charge is 0.258 e. The summed E-state index contributed by atoms with van der Waals surface area (Å²) >= 11 is 0. The molecular weight excluding hydrogens is 270 g/mol. The first-order valence-corrected chi connectivity index (χ1v) is 6.79. The van der Waals surface area contributed by atoms with Crippen LogP contribution in [0.2, 0.25) is 0 Å². The molecule has 3 rings (SSSR count). The fraction of sp³-hybridized carbons (Fsp3) is 0.286. The van der Waals surface area contributed by atoms with Crippen molar-refractivity contribution in [3.63, 3.8) is 0 Å². The molecule has 1 aromatic heterocycles. The molecule has 0 saturated carbocycles. The fourth-order valence-electron chi connectivity index (χ4n) is 2.44. The van der Waals surface area contributed by atoms with Crippen molar-refractivity contribution in [2.75, 3.05) is 16.8 Å². The highest BCUT2D eigenvalue weighted by molar-refractivity contribution is 6.04.